The zero-order chi connectivity index (χ0) is 17.1. The molecule has 2 N–H and O–H groups in total. The Kier molecular flexibility index (Phi) is 4.51. The summed E-state index contributed by atoms with van der Waals surface area (Å²) in [6, 6.07) is 13.3. The van der Waals surface area contributed by atoms with Gasteiger partial charge in [0.25, 0.3) is 5.91 Å². The van der Waals surface area contributed by atoms with Crippen molar-refractivity contribution in [3.63, 3.8) is 0 Å². The highest BCUT2D eigenvalue weighted by atomic mass is 16.5. The fraction of sp³-hybridized carbons (Fsp3) is 0.263. The third kappa shape index (κ3) is 3.40. The van der Waals surface area contributed by atoms with E-state index >= 15 is 0 Å². The average Bonchev–Trinajstić information content (AvgIpc) is 2.57. The van der Waals surface area contributed by atoms with Crippen LogP contribution in [0.15, 0.2) is 42.5 Å². The number of hydrogen-bond acceptors (Lipinski definition) is 3. The zero-order valence-corrected chi connectivity index (χ0v) is 13.6. The van der Waals surface area contributed by atoms with Gasteiger partial charge in [-0.2, -0.15) is 0 Å². The lowest BCUT2D eigenvalue weighted by atomic mass is 9.95. The standard InChI is InChI=1S/C19H20N2O3/c1-24-16-5-2-13(3-6-16)12-21-9-8-15-10-14(11-18(20)22)4-7-17(15)19(21)23/h2-7,10H,8-9,11-12H2,1H3,(H2,20,22). The molecule has 1 heterocycles. The molecule has 0 saturated heterocycles. The lowest BCUT2D eigenvalue weighted by Gasteiger charge is -2.29. The Morgan fingerprint density at radius 1 is 1.17 bits per heavy atom. The first-order chi connectivity index (χ1) is 11.6. The number of carbonyl (C=O) groups excluding carboxylic acids is 2. The van der Waals surface area contributed by atoms with Gasteiger partial charge in [0, 0.05) is 18.7 Å². The highest BCUT2D eigenvalue weighted by molar-refractivity contribution is 5.97. The van der Waals surface area contributed by atoms with Crippen molar-refractivity contribution in [2.75, 3.05) is 13.7 Å². The summed E-state index contributed by atoms with van der Waals surface area (Å²) < 4.78 is 5.15. The molecule has 2 aromatic carbocycles. The number of nitrogens with two attached hydrogens (primary N) is 1. The third-order valence-electron chi connectivity index (χ3n) is 4.25. The molecule has 124 valence electrons. The summed E-state index contributed by atoms with van der Waals surface area (Å²) in [6.07, 6.45) is 0.987. The molecule has 0 fully saturated rings. The SMILES string of the molecule is COc1ccc(CN2CCc3cc(CC(N)=O)ccc3C2=O)cc1. The lowest BCUT2D eigenvalue weighted by molar-refractivity contribution is -0.117. The smallest absolute Gasteiger partial charge is 0.254 e. The van der Waals surface area contributed by atoms with Crippen LogP contribution < -0.4 is 10.5 Å². The highest BCUT2D eigenvalue weighted by Crippen LogP contribution is 2.23. The first-order valence-electron chi connectivity index (χ1n) is 7.89. The molecule has 5 heteroatoms. The molecule has 2 aromatic rings. The second kappa shape index (κ2) is 6.74. The molecule has 0 bridgehead atoms. The van der Waals surface area contributed by atoms with Crippen LogP contribution in [0.4, 0.5) is 0 Å². The van der Waals surface area contributed by atoms with Gasteiger partial charge in [-0.3, -0.25) is 9.59 Å². The number of amides is 2. The number of methoxy groups -OCH3 is 1. The predicted molar refractivity (Wildman–Crippen MR) is 90.8 cm³/mol. The summed E-state index contributed by atoms with van der Waals surface area (Å²) >= 11 is 0. The summed E-state index contributed by atoms with van der Waals surface area (Å²) in [5, 5.41) is 0. The monoisotopic (exact) mass is 324 g/mol. The van der Waals surface area contributed by atoms with Gasteiger partial charge in [0.05, 0.1) is 13.5 Å². The summed E-state index contributed by atoms with van der Waals surface area (Å²) in [7, 11) is 1.63. The van der Waals surface area contributed by atoms with E-state index in [1.54, 1.807) is 19.2 Å². The van der Waals surface area contributed by atoms with Gasteiger partial charge in [-0.15, -0.1) is 0 Å². The quantitative estimate of drug-likeness (QED) is 0.913. The van der Waals surface area contributed by atoms with Crippen LogP contribution in [-0.4, -0.2) is 30.4 Å². The first kappa shape index (κ1) is 16.1. The van der Waals surface area contributed by atoms with E-state index in [0.29, 0.717) is 18.7 Å². The molecule has 0 atom stereocenters. The van der Waals surface area contributed by atoms with E-state index in [1.807, 2.05) is 35.2 Å². The molecule has 3 rings (SSSR count). The maximum atomic E-state index is 12.7. The minimum atomic E-state index is -0.363. The Bertz CT molecular complexity index is 769. The number of primary amides is 1. The van der Waals surface area contributed by atoms with Crippen LogP contribution >= 0.6 is 0 Å². The summed E-state index contributed by atoms with van der Waals surface area (Å²) in [5.74, 6) is 0.465. The van der Waals surface area contributed by atoms with Crippen molar-refractivity contribution in [2.45, 2.75) is 19.4 Å². The molecule has 1 aliphatic heterocycles. The van der Waals surface area contributed by atoms with Crippen molar-refractivity contribution in [3.05, 3.63) is 64.7 Å². The Labute approximate surface area is 141 Å². The van der Waals surface area contributed by atoms with E-state index in [0.717, 1.165) is 28.9 Å². The van der Waals surface area contributed by atoms with Gasteiger partial charge in [-0.05, 0) is 41.3 Å². The molecule has 24 heavy (non-hydrogen) atoms. The van der Waals surface area contributed by atoms with E-state index in [2.05, 4.69) is 0 Å². The van der Waals surface area contributed by atoms with Crippen LogP contribution in [0, 0.1) is 0 Å². The summed E-state index contributed by atoms with van der Waals surface area (Å²) in [6.45, 7) is 1.24. The van der Waals surface area contributed by atoms with E-state index in [1.165, 1.54) is 0 Å². The summed E-state index contributed by atoms with van der Waals surface area (Å²) in [5.41, 5.74) is 8.86. The molecular weight excluding hydrogens is 304 g/mol. The van der Waals surface area contributed by atoms with Crippen LogP contribution in [0.25, 0.3) is 0 Å². The number of benzene rings is 2. The predicted octanol–water partition coefficient (Wildman–Crippen LogP) is 1.92. The van der Waals surface area contributed by atoms with Crippen LogP contribution in [-0.2, 0) is 24.2 Å². The topological polar surface area (TPSA) is 72.6 Å². The molecule has 5 nitrogen and oxygen atoms in total. The largest absolute Gasteiger partial charge is 0.497 e. The van der Waals surface area contributed by atoms with Gasteiger partial charge < -0.3 is 15.4 Å². The van der Waals surface area contributed by atoms with Crippen LogP contribution in [0.1, 0.15) is 27.0 Å². The number of carbonyl (C=O) groups is 2. The van der Waals surface area contributed by atoms with Gasteiger partial charge in [0.2, 0.25) is 5.91 Å². The molecule has 0 saturated carbocycles. The number of ether oxygens (including phenoxy) is 1. The molecule has 0 unspecified atom stereocenters. The fourth-order valence-electron chi connectivity index (χ4n) is 3.00. The number of fused-ring (bicyclic) bond motifs is 1. The highest BCUT2D eigenvalue weighted by Gasteiger charge is 2.24. The molecular formula is C19H20N2O3. The first-order valence-corrected chi connectivity index (χ1v) is 7.89. The average molecular weight is 324 g/mol. The Morgan fingerprint density at radius 3 is 2.54 bits per heavy atom. The van der Waals surface area contributed by atoms with Crippen LogP contribution in [0.5, 0.6) is 5.75 Å². The minimum Gasteiger partial charge on any atom is -0.497 e. The van der Waals surface area contributed by atoms with E-state index in [4.69, 9.17) is 10.5 Å². The Morgan fingerprint density at radius 2 is 1.88 bits per heavy atom. The molecule has 2 amide bonds. The number of nitrogens with zero attached hydrogens (tertiary/aromatic N) is 1. The maximum Gasteiger partial charge on any atom is 0.254 e. The number of rotatable bonds is 5. The van der Waals surface area contributed by atoms with Crippen molar-refractivity contribution in [1.29, 1.82) is 0 Å². The van der Waals surface area contributed by atoms with Crippen molar-refractivity contribution in [3.8, 4) is 5.75 Å². The van der Waals surface area contributed by atoms with Crippen LogP contribution in [0.3, 0.4) is 0 Å². The van der Waals surface area contributed by atoms with Crippen molar-refractivity contribution in [2.24, 2.45) is 5.73 Å². The van der Waals surface area contributed by atoms with Crippen molar-refractivity contribution in [1.82, 2.24) is 4.90 Å². The molecule has 1 aliphatic rings. The third-order valence-corrected chi connectivity index (χ3v) is 4.25. The van der Waals surface area contributed by atoms with Crippen molar-refractivity contribution >= 4 is 11.8 Å². The molecule has 0 aliphatic carbocycles. The van der Waals surface area contributed by atoms with Crippen molar-refractivity contribution < 1.29 is 14.3 Å². The van der Waals surface area contributed by atoms with Gasteiger partial charge in [-0.25, -0.2) is 0 Å². The lowest BCUT2D eigenvalue weighted by Crippen LogP contribution is -2.37. The van der Waals surface area contributed by atoms with Crippen LogP contribution in [0.2, 0.25) is 0 Å². The maximum absolute atomic E-state index is 12.7. The minimum absolute atomic E-state index is 0.0256. The van der Waals surface area contributed by atoms with E-state index in [9.17, 15) is 9.59 Å². The molecule has 0 spiro atoms. The molecule has 0 aromatic heterocycles. The van der Waals surface area contributed by atoms with Gasteiger partial charge >= 0.3 is 0 Å². The number of hydrogen-bond donors (Lipinski definition) is 1. The second-order valence-electron chi connectivity index (χ2n) is 5.96. The summed E-state index contributed by atoms with van der Waals surface area (Å²) in [4.78, 5) is 25.6. The zero-order valence-electron chi connectivity index (χ0n) is 13.6. The Balaban J connectivity index is 1.75. The normalized spacial score (nSPS) is 13.5. The van der Waals surface area contributed by atoms with Gasteiger partial charge in [0.15, 0.2) is 0 Å². The fourth-order valence-corrected chi connectivity index (χ4v) is 3.00. The van der Waals surface area contributed by atoms with Gasteiger partial charge in [0.1, 0.15) is 5.75 Å². The van der Waals surface area contributed by atoms with E-state index in [-0.39, 0.29) is 18.2 Å². The Hall–Kier alpha value is -2.82. The van der Waals surface area contributed by atoms with Gasteiger partial charge in [-0.1, -0.05) is 24.3 Å². The second-order valence-corrected chi connectivity index (χ2v) is 5.96. The van der Waals surface area contributed by atoms with E-state index < -0.39 is 0 Å². The molecule has 0 radical (unpaired) electrons.